The molecule has 0 saturated carbocycles. The largest absolute Gasteiger partial charge is 0.301 e. The zero-order valence-electron chi connectivity index (χ0n) is 17.1. The fourth-order valence-corrected chi connectivity index (χ4v) is 6.68. The average molecular weight is 380 g/mol. The molecular formula is C25H33NS. The molecule has 1 nitrogen and oxygen atoms in total. The summed E-state index contributed by atoms with van der Waals surface area (Å²) in [6, 6.07) is 7.68. The van der Waals surface area contributed by atoms with E-state index in [1.54, 1.807) is 9.76 Å². The molecule has 27 heavy (non-hydrogen) atoms. The third kappa shape index (κ3) is 3.43. The molecule has 2 atom stereocenters. The zero-order valence-corrected chi connectivity index (χ0v) is 17.9. The van der Waals surface area contributed by atoms with Gasteiger partial charge in [0.2, 0.25) is 0 Å². The van der Waals surface area contributed by atoms with Crippen molar-refractivity contribution < 1.29 is 0 Å². The van der Waals surface area contributed by atoms with E-state index in [0.717, 1.165) is 19.3 Å². The van der Waals surface area contributed by atoms with E-state index < -0.39 is 0 Å². The minimum Gasteiger partial charge on any atom is -0.301 e. The molecule has 1 N–H and O–H groups in total. The number of nitrogens with one attached hydrogen (secondary N) is 1. The molecule has 0 saturated heterocycles. The lowest BCUT2D eigenvalue weighted by atomic mass is 9.75. The molecule has 1 aliphatic carbocycles. The van der Waals surface area contributed by atoms with Crippen LogP contribution in [0.1, 0.15) is 70.4 Å². The van der Waals surface area contributed by atoms with E-state index in [1.807, 2.05) is 0 Å². The second kappa shape index (κ2) is 7.56. The van der Waals surface area contributed by atoms with Crippen LogP contribution < -0.4 is 5.32 Å². The van der Waals surface area contributed by atoms with Gasteiger partial charge in [0, 0.05) is 22.2 Å². The van der Waals surface area contributed by atoms with Gasteiger partial charge in [0.05, 0.1) is 0 Å². The Bertz CT molecular complexity index is 851. The first-order valence-corrected chi connectivity index (χ1v) is 12.1. The van der Waals surface area contributed by atoms with Crippen LogP contribution in [0.15, 0.2) is 47.9 Å². The minimum absolute atomic E-state index is 0.00553. The minimum atomic E-state index is -0.00553. The molecule has 2 unspecified atom stereocenters. The Hall–Kier alpha value is -1.38. The Morgan fingerprint density at radius 1 is 1.19 bits per heavy atom. The summed E-state index contributed by atoms with van der Waals surface area (Å²) < 4.78 is 0. The maximum atomic E-state index is 4.61. The van der Waals surface area contributed by atoms with Gasteiger partial charge in [-0.1, -0.05) is 58.1 Å². The first-order valence-electron chi connectivity index (χ1n) is 10.7. The molecule has 0 fully saturated rings. The lowest BCUT2D eigenvalue weighted by molar-refractivity contribution is 0.362. The average Bonchev–Trinajstić information content (AvgIpc) is 3.49. The van der Waals surface area contributed by atoms with Gasteiger partial charge in [-0.2, -0.15) is 0 Å². The topological polar surface area (TPSA) is 12.0 Å². The summed E-state index contributed by atoms with van der Waals surface area (Å²) in [5.41, 5.74) is 5.53. The van der Waals surface area contributed by atoms with E-state index in [-0.39, 0.29) is 5.54 Å². The lowest BCUT2D eigenvalue weighted by Gasteiger charge is -2.42. The normalized spacial score (nSPS) is 25.5. The molecule has 2 heteroatoms. The Labute approximate surface area is 167 Å². The predicted molar refractivity (Wildman–Crippen MR) is 123 cm³/mol. The molecule has 0 amide bonds. The van der Waals surface area contributed by atoms with Crippen molar-refractivity contribution in [3.63, 3.8) is 0 Å². The van der Waals surface area contributed by atoms with E-state index in [4.69, 9.17) is 0 Å². The van der Waals surface area contributed by atoms with Gasteiger partial charge in [0.15, 0.2) is 0 Å². The summed E-state index contributed by atoms with van der Waals surface area (Å²) in [6.07, 6.45) is 14.1. The molecular weight excluding hydrogens is 346 g/mol. The van der Waals surface area contributed by atoms with E-state index in [2.05, 4.69) is 69.1 Å². The molecule has 144 valence electrons. The second-order valence-electron chi connectivity index (χ2n) is 8.18. The van der Waals surface area contributed by atoms with Crippen LogP contribution >= 0.6 is 10.5 Å². The van der Waals surface area contributed by atoms with Crippen LogP contribution in [0.25, 0.3) is 11.1 Å². The molecule has 3 aliphatic rings. The van der Waals surface area contributed by atoms with Crippen molar-refractivity contribution in [3.05, 3.63) is 54.1 Å². The van der Waals surface area contributed by atoms with E-state index in [0.29, 0.717) is 16.5 Å². The van der Waals surface area contributed by atoms with Gasteiger partial charge < -0.3 is 5.32 Å². The van der Waals surface area contributed by atoms with Gasteiger partial charge in [-0.25, -0.2) is 0 Å². The van der Waals surface area contributed by atoms with Crippen LogP contribution in [-0.4, -0.2) is 22.2 Å². The molecule has 0 radical (unpaired) electrons. The molecule has 1 aromatic carbocycles. The summed E-state index contributed by atoms with van der Waals surface area (Å²) in [5, 5.41) is 3.94. The van der Waals surface area contributed by atoms with Crippen molar-refractivity contribution in [2.75, 3.05) is 5.75 Å². The van der Waals surface area contributed by atoms with Crippen molar-refractivity contribution in [2.45, 2.75) is 75.8 Å². The van der Waals surface area contributed by atoms with Crippen molar-refractivity contribution in [1.82, 2.24) is 5.32 Å². The predicted octanol–water partition coefficient (Wildman–Crippen LogP) is 6.58. The highest BCUT2D eigenvalue weighted by atomic mass is 32.2. The summed E-state index contributed by atoms with van der Waals surface area (Å²) >= 11 is 0. The Morgan fingerprint density at radius 2 is 2.00 bits per heavy atom. The van der Waals surface area contributed by atoms with Gasteiger partial charge in [0.25, 0.3) is 0 Å². The Morgan fingerprint density at radius 3 is 2.74 bits per heavy atom. The summed E-state index contributed by atoms with van der Waals surface area (Å²) in [4.78, 5) is 3.33. The standard InChI is InChI=1S/C25H33NS/c1-5-8-12-22-17-27(22)21-13-14-23-18(4)25(6-2,7-3)26-20-11-9-10-19(15-20)24(23)16-21/h9-11,13-14,16,20,26H,4-8,12,15,17H2,1-3H3. The first kappa shape index (κ1) is 19.0. The maximum absolute atomic E-state index is 4.61. The number of allylic oxidation sites excluding steroid dienone is 2. The molecule has 2 aliphatic heterocycles. The highest BCUT2D eigenvalue weighted by molar-refractivity contribution is 8.24. The third-order valence-electron chi connectivity index (χ3n) is 6.65. The molecule has 4 rings (SSSR count). The van der Waals surface area contributed by atoms with Crippen molar-refractivity contribution in [3.8, 4) is 0 Å². The fraction of sp³-hybridized carbons (Fsp3) is 0.480. The Kier molecular flexibility index (Phi) is 5.31. The lowest BCUT2D eigenvalue weighted by Crippen LogP contribution is -2.51. The quantitative estimate of drug-likeness (QED) is 0.551. The van der Waals surface area contributed by atoms with Crippen LogP contribution in [0.4, 0.5) is 0 Å². The highest BCUT2D eigenvalue weighted by Crippen LogP contribution is 2.46. The van der Waals surface area contributed by atoms with Gasteiger partial charge in [-0.3, -0.25) is 0 Å². The summed E-state index contributed by atoms with van der Waals surface area (Å²) in [7, 11) is 0.408. The van der Waals surface area contributed by atoms with Crippen LogP contribution in [-0.2, 0) is 0 Å². The number of fused-ring (bicyclic) bond motifs is 4. The van der Waals surface area contributed by atoms with E-state index in [9.17, 15) is 0 Å². The molecule has 0 spiro atoms. The molecule has 1 aromatic rings. The monoisotopic (exact) mass is 379 g/mol. The summed E-state index contributed by atoms with van der Waals surface area (Å²) in [6.45, 7) is 11.5. The third-order valence-corrected chi connectivity index (χ3v) is 8.80. The van der Waals surface area contributed by atoms with Gasteiger partial charge in [-0.05, 0) is 71.4 Å². The molecule has 0 aromatic heterocycles. The summed E-state index contributed by atoms with van der Waals surface area (Å²) in [5.74, 6) is 1.33. The number of benzene rings is 1. The Balaban J connectivity index is 1.79. The van der Waals surface area contributed by atoms with Crippen LogP contribution in [0.2, 0.25) is 0 Å². The van der Waals surface area contributed by atoms with Crippen molar-refractivity contribution in [2.24, 2.45) is 0 Å². The SMILES string of the molecule is C=C1c2ccc(S3=C(CCCC)C3)cc2C2=CC=CC(C2)NC1(CC)CC. The van der Waals surface area contributed by atoms with Gasteiger partial charge in [-0.15, -0.1) is 10.5 Å². The van der Waals surface area contributed by atoms with Gasteiger partial charge >= 0.3 is 0 Å². The van der Waals surface area contributed by atoms with E-state index in [1.165, 1.54) is 47.3 Å². The first-order chi connectivity index (χ1) is 13.1. The van der Waals surface area contributed by atoms with E-state index >= 15 is 0 Å². The zero-order chi connectivity index (χ0) is 19.0. The molecule has 2 heterocycles. The van der Waals surface area contributed by atoms with Crippen molar-refractivity contribution >= 4 is 26.5 Å². The van der Waals surface area contributed by atoms with Crippen LogP contribution in [0.3, 0.4) is 0 Å². The smallest absolute Gasteiger partial charge is 0.0434 e. The number of rotatable bonds is 6. The maximum Gasteiger partial charge on any atom is 0.0434 e. The number of hydrogen-bond acceptors (Lipinski definition) is 1. The fourth-order valence-electron chi connectivity index (χ4n) is 4.71. The van der Waals surface area contributed by atoms with Crippen LogP contribution in [0.5, 0.6) is 0 Å². The number of hydrogen-bond donors (Lipinski definition) is 1. The van der Waals surface area contributed by atoms with Crippen molar-refractivity contribution in [1.29, 1.82) is 0 Å². The highest BCUT2D eigenvalue weighted by Gasteiger charge is 2.36. The van der Waals surface area contributed by atoms with Crippen LogP contribution in [0, 0.1) is 0 Å². The van der Waals surface area contributed by atoms with Gasteiger partial charge in [0.1, 0.15) is 0 Å². The second-order valence-corrected chi connectivity index (χ2v) is 10.3. The number of unbranched alkanes of at least 4 members (excludes halogenated alkanes) is 1. The molecule has 2 bridgehead atoms.